The Morgan fingerprint density at radius 3 is 1.21 bits per heavy atom. The summed E-state index contributed by atoms with van der Waals surface area (Å²) in [5.41, 5.74) is 15.2. The lowest BCUT2D eigenvalue weighted by Crippen LogP contribution is -2.12. The van der Waals surface area contributed by atoms with Crippen molar-refractivity contribution >= 4 is 80.1 Å². The Labute approximate surface area is 375 Å². The van der Waals surface area contributed by atoms with E-state index in [1.165, 1.54) is 96.0 Å². The van der Waals surface area contributed by atoms with Gasteiger partial charge in [-0.05, 0) is 117 Å². The molecule has 63 heavy (non-hydrogen) atoms. The van der Waals surface area contributed by atoms with Crippen LogP contribution in [-0.2, 0) is 0 Å². The zero-order valence-corrected chi connectivity index (χ0v) is 35.9. The fourth-order valence-corrected chi connectivity index (χ4v) is 11.5. The molecule has 0 aliphatic heterocycles. The van der Waals surface area contributed by atoms with E-state index < -0.39 is 0 Å². The molecular weight excluding hydrogens is 799 g/mol. The van der Waals surface area contributed by atoms with Crippen LogP contribution < -0.4 is 4.90 Å². The number of anilines is 3. The molecule has 10 aromatic carbocycles. The van der Waals surface area contributed by atoms with E-state index in [-0.39, 0.29) is 0 Å². The highest BCUT2D eigenvalue weighted by atomic mass is 32.1. The van der Waals surface area contributed by atoms with Crippen LogP contribution in [0, 0.1) is 0 Å². The molecule has 2 heterocycles. The third-order valence-corrected chi connectivity index (χ3v) is 14.6. The zero-order valence-electron chi connectivity index (χ0n) is 34.3. The lowest BCUT2D eigenvalue weighted by molar-refractivity contribution is 1.28. The van der Waals surface area contributed by atoms with Gasteiger partial charge in [-0.2, -0.15) is 0 Å². The summed E-state index contributed by atoms with van der Waals surface area (Å²) in [5, 5.41) is 5.25. The van der Waals surface area contributed by atoms with Gasteiger partial charge in [-0.3, -0.25) is 0 Å². The molecule has 3 heteroatoms. The minimum atomic E-state index is 1.09. The number of thiophene rings is 2. The topological polar surface area (TPSA) is 3.24 Å². The quantitative estimate of drug-likeness (QED) is 0.147. The van der Waals surface area contributed by atoms with Crippen molar-refractivity contribution in [3.05, 3.63) is 237 Å². The van der Waals surface area contributed by atoms with Crippen LogP contribution in [0.2, 0.25) is 0 Å². The van der Waals surface area contributed by atoms with Crippen LogP contribution in [0.1, 0.15) is 0 Å². The van der Waals surface area contributed by atoms with Crippen molar-refractivity contribution in [1.29, 1.82) is 0 Å². The summed E-state index contributed by atoms with van der Waals surface area (Å²) in [6, 6.07) is 86.8. The smallest absolute Gasteiger partial charge is 0.0546 e. The molecule has 1 nitrogen and oxygen atoms in total. The van der Waals surface area contributed by atoms with Crippen LogP contribution in [0.3, 0.4) is 0 Å². The second kappa shape index (κ2) is 15.7. The summed E-state index contributed by atoms with van der Waals surface area (Å²) in [5.74, 6) is 0. The first kappa shape index (κ1) is 37.2. The van der Waals surface area contributed by atoms with Crippen LogP contribution in [0.4, 0.5) is 17.1 Å². The molecule has 0 bridgehead atoms. The zero-order chi connectivity index (χ0) is 41.7. The Balaban J connectivity index is 1.04. The van der Waals surface area contributed by atoms with Crippen LogP contribution in [-0.4, -0.2) is 0 Å². The molecule has 0 radical (unpaired) electrons. The van der Waals surface area contributed by atoms with E-state index in [9.17, 15) is 0 Å². The van der Waals surface area contributed by atoms with Gasteiger partial charge in [0.25, 0.3) is 0 Å². The van der Waals surface area contributed by atoms with Crippen molar-refractivity contribution < 1.29 is 0 Å². The second-order valence-electron chi connectivity index (χ2n) is 16.0. The van der Waals surface area contributed by atoms with Crippen molar-refractivity contribution in [1.82, 2.24) is 0 Å². The summed E-state index contributed by atoms with van der Waals surface area (Å²) in [4.78, 5) is 2.45. The molecule has 296 valence electrons. The average molecular weight is 838 g/mol. The lowest BCUT2D eigenvalue weighted by Gasteiger charge is -2.30. The first-order chi connectivity index (χ1) is 31.2. The molecule has 0 aliphatic rings. The Bertz CT molecular complexity index is 3440. The van der Waals surface area contributed by atoms with Crippen LogP contribution >= 0.6 is 22.7 Å². The number of hydrogen-bond acceptors (Lipinski definition) is 3. The maximum Gasteiger partial charge on any atom is 0.0546 e. The van der Waals surface area contributed by atoms with Gasteiger partial charge in [0.1, 0.15) is 0 Å². The molecule has 0 aliphatic carbocycles. The maximum absolute atomic E-state index is 2.45. The summed E-state index contributed by atoms with van der Waals surface area (Å²) in [6.07, 6.45) is 0. The highest BCUT2D eigenvalue weighted by Gasteiger charge is 2.23. The Hall–Kier alpha value is -7.56. The van der Waals surface area contributed by atoms with Gasteiger partial charge in [-0.25, -0.2) is 0 Å². The minimum absolute atomic E-state index is 1.09. The Morgan fingerprint density at radius 2 is 0.667 bits per heavy atom. The SMILES string of the molecule is c1ccc(-c2ccccc2-c2c(-c3ccccc3)cccc2N(c2ccc(-c3ccc4sc5ccccc5c4c3)cc2)c2ccc(-c3ccc4sc5ccccc5c4c3)cc2)cc1. The highest BCUT2D eigenvalue weighted by molar-refractivity contribution is 7.26. The monoisotopic (exact) mass is 837 g/mol. The van der Waals surface area contributed by atoms with Gasteiger partial charge < -0.3 is 4.90 Å². The van der Waals surface area contributed by atoms with Crippen LogP contribution in [0.15, 0.2) is 237 Å². The van der Waals surface area contributed by atoms with E-state index in [4.69, 9.17) is 0 Å². The summed E-state index contributed by atoms with van der Waals surface area (Å²) in [6.45, 7) is 0. The molecule has 0 N–H and O–H groups in total. The van der Waals surface area contributed by atoms with Gasteiger partial charge in [0, 0.05) is 57.3 Å². The molecule has 0 fully saturated rings. The van der Waals surface area contributed by atoms with Crippen molar-refractivity contribution in [3.8, 4) is 55.6 Å². The first-order valence-corrected chi connectivity index (χ1v) is 23.0. The first-order valence-electron chi connectivity index (χ1n) is 21.4. The van der Waals surface area contributed by atoms with Gasteiger partial charge in [0.05, 0.1) is 5.69 Å². The summed E-state index contributed by atoms with van der Waals surface area (Å²) in [7, 11) is 0. The molecule has 0 saturated carbocycles. The van der Waals surface area contributed by atoms with Gasteiger partial charge in [-0.1, -0.05) is 170 Å². The number of hydrogen-bond donors (Lipinski definition) is 0. The molecular formula is C60H39NS2. The molecule has 0 amide bonds. The van der Waals surface area contributed by atoms with E-state index in [1.54, 1.807) is 0 Å². The van der Waals surface area contributed by atoms with Crippen LogP contribution in [0.25, 0.3) is 96.0 Å². The molecule has 12 rings (SSSR count). The number of fused-ring (bicyclic) bond motifs is 6. The normalized spacial score (nSPS) is 11.5. The van der Waals surface area contributed by atoms with Crippen molar-refractivity contribution in [3.63, 3.8) is 0 Å². The lowest BCUT2D eigenvalue weighted by atomic mass is 9.87. The number of rotatable bonds is 8. The molecule has 2 aromatic heterocycles. The van der Waals surface area contributed by atoms with E-state index >= 15 is 0 Å². The number of nitrogens with zero attached hydrogens (tertiary/aromatic N) is 1. The fourth-order valence-electron chi connectivity index (χ4n) is 9.28. The molecule has 0 atom stereocenters. The third-order valence-electron chi connectivity index (χ3n) is 12.3. The second-order valence-corrected chi connectivity index (χ2v) is 18.2. The predicted octanol–water partition coefficient (Wildman–Crippen LogP) is 18.2. The Kier molecular flexibility index (Phi) is 9.29. The van der Waals surface area contributed by atoms with Crippen molar-refractivity contribution in [2.75, 3.05) is 4.90 Å². The highest BCUT2D eigenvalue weighted by Crippen LogP contribution is 2.49. The fraction of sp³-hybridized carbons (Fsp3) is 0. The van der Waals surface area contributed by atoms with E-state index in [2.05, 4.69) is 241 Å². The van der Waals surface area contributed by atoms with Crippen molar-refractivity contribution in [2.45, 2.75) is 0 Å². The van der Waals surface area contributed by atoms with E-state index in [0.29, 0.717) is 0 Å². The third kappa shape index (κ3) is 6.70. The van der Waals surface area contributed by atoms with Crippen molar-refractivity contribution in [2.24, 2.45) is 0 Å². The molecule has 0 spiro atoms. The van der Waals surface area contributed by atoms with Gasteiger partial charge in [0.2, 0.25) is 0 Å². The largest absolute Gasteiger partial charge is 0.310 e. The summed E-state index contributed by atoms with van der Waals surface area (Å²) >= 11 is 3.72. The maximum atomic E-state index is 2.45. The standard InChI is InChI=1S/C60H39NS2/c1-3-14-42(15-4-1)48-18-7-8-21-52(48)60-49(43-16-5-2-6-17-43)22-13-23-55(60)61(46-32-26-40(27-33-46)44-30-36-58-53(38-44)50-19-9-11-24-56(50)62-58)47-34-28-41(29-35-47)45-31-37-59-54(39-45)51-20-10-12-25-57(51)63-59/h1-39H. The van der Waals surface area contributed by atoms with Crippen LogP contribution in [0.5, 0.6) is 0 Å². The van der Waals surface area contributed by atoms with E-state index in [1.807, 2.05) is 22.7 Å². The molecule has 12 aromatic rings. The number of benzene rings is 10. The average Bonchev–Trinajstić information content (AvgIpc) is 3.93. The molecule has 0 unspecified atom stereocenters. The van der Waals surface area contributed by atoms with E-state index in [0.717, 1.165) is 17.1 Å². The van der Waals surface area contributed by atoms with Gasteiger partial charge >= 0.3 is 0 Å². The van der Waals surface area contributed by atoms with Gasteiger partial charge in [0.15, 0.2) is 0 Å². The predicted molar refractivity (Wildman–Crippen MR) is 274 cm³/mol. The summed E-state index contributed by atoms with van der Waals surface area (Å²) < 4.78 is 5.28. The van der Waals surface area contributed by atoms with Gasteiger partial charge in [-0.15, -0.1) is 22.7 Å². The Morgan fingerprint density at radius 1 is 0.254 bits per heavy atom. The molecule has 0 saturated heterocycles. The minimum Gasteiger partial charge on any atom is -0.310 e.